The van der Waals surface area contributed by atoms with E-state index in [1.165, 1.54) is 32.4 Å². The van der Waals surface area contributed by atoms with Crippen LogP contribution >= 0.6 is 0 Å². The molecule has 0 saturated heterocycles. The van der Waals surface area contributed by atoms with Crippen LogP contribution in [-0.2, 0) is 0 Å². The van der Waals surface area contributed by atoms with E-state index in [9.17, 15) is 0 Å². The molecule has 0 aliphatic rings. The summed E-state index contributed by atoms with van der Waals surface area (Å²) in [7, 11) is 0. The molecule has 0 radical (unpaired) electrons. The third-order valence-corrected chi connectivity index (χ3v) is 4.58. The predicted octanol–water partition coefficient (Wildman–Crippen LogP) is 2.80. The molecule has 140 valence electrons. The number of nitrogens with zero attached hydrogens (tertiary/aromatic N) is 2. The molecule has 0 amide bonds. The molecule has 0 aromatic heterocycles. The minimum absolute atomic E-state index is 0.670. The lowest BCUT2D eigenvalue weighted by atomic mass is 10.2. The standard InChI is InChI=1S/C19H44N4/c1-7-22(18(3)4)16-10-14-20-12-9-13-21-15-11-17-23(8-2)19(5)6/h18-21H,7-17H2,1-6H3. The van der Waals surface area contributed by atoms with E-state index in [0.717, 1.165) is 39.3 Å². The van der Waals surface area contributed by atoms with Crippen molar-refractivity contribution in [2.75, 3.05) is 52.4 Å². The Balaban J connectivity index is 3.31. The van der Waals surface area contributed by atoms with Crippen molar-refractivity contribution >= 4 is 0 Å². The maximum absolute atomic E-state index is 3.56. The molecule has 0 heterocycles. The van der Waals surface area contributed by atoms with Crippen molar-refractivity contribution < 1.29 is 0 Å². The van der Waals surface area contributed by atoms with Gasteiger partial charge in [0.1, 0.15) is 0 Å². The molecule has 0 bridgehead atoms. The zero-order chi connectivity index (χ0) is 17.5. The van der Waals surface area contributed by atoms with Crippen molar-refractivity contribution in [2.45, 2.75) is 72.9 Å². The van der Waals surface area contributed by atoms with E-state index < -0.39 is 0 Å². The second-order valence-electron chi connectivity index (χ2n) is 7.01. The summed E-state index contributed by atoms with van der Waals surface area (Å²) in [5, 5.41) is 7.12. The minimum Gasteiger partial charge on any atom is -0.317 e. The van der Waals surface area contributed by atoms with Crippen LogP contribution in [-0.4, -0.2) is 74.2 Å². The molecule has 23 heavy (non-hydrogen) atoms. The second-order valence-corrected chi connectivity index (χ2v) is 7.01. The van der Waals surface area contributed by atoms with E-state index in [1.807, 2.05) is 0 Å². The predicted molar refractivity (Wildman–Crippen MR) is 104 cm³/mol. The maximum atomic E-state index is 3.56. The lowest BCUT2D eigenvalue weighted by Gasteiger charge is -2.24. The van der Waals surface area contributed by atoms with E-state index in [0.29, 0.717) is 12.1 Å². The minimum atomic E-state index is 0.670. The summed E-state index contributed by atoms with van der Waals surface area (Å²) in [5.74, 6) is 0. The van der Waals surface area contributed by atoms with Crippen LogP contribution in [0.3, 0.4) is 0 Å². The topological polar surface area (TPSA) is 30.5 Å². The molecule has 4 heteroatoms. The first-order chi connectivity index (χ1) is 11.0. The highest BCUT2D eigenvalue weighted by molar-refractivity contribution is 4.63. The van der Waals surface area contributed by atoms with Gasteiger partial charge in [0.25, 0.3) is 0 Å². The van der Waals surface area contributed by atoms with Gasteiger partial charge in [-0.2, -0.15) is 0 Å². The fourth-order valence-corrected chi connectivity index (χ4v) is 2.97. The molecule has 4 nitrogen and oxygen atoms in total. The average Bonchev–Trinajstić information content (AvgIpc) is 2.51. The molecule has 0 aromatic carbocycles. The van der Waals surface area contributed by atoms with Gasteiger partial charge in [-0.3, -0.25) is 0 Å². The van der Waals surface area contributed by atoms with Crippen molar-refractivity contribution in [1.82, 2.24) is 20.4 Å². The van der Waals surface area contributed by atoms with E-state index in [2.05, 4.69) is 62.0 Å². The number of hydrogen-bond donors (Lipinski definition) is 2. The zero-order valence-electron chi connectivity index (χ0n) is 16.8. The summed E-state index contributed by atoms with van der Waals surface area (Å²) in [6, 6.07) is 1.34. The SMILES string of the molecule is CCN(CCCNCCCNCCCN(CC)C(C)C)C(C)C. The van der Waals surface area contributed by atoms with Gasteiger partial charge in [0.15, 0.2) is 0 Å². The average molecular weight is 329 g/mol. The van der Waals surface area contributed by atoms with Gasteiger partial charge >= 0.3 is 0 Å². The Morgan fingerprint density at radius 1 is 0.609 bits per heavy atom. The molecule has 2 N–H and O–H groups in total. The molecule has 0 rings (SSSR count). The Labute approximate surface area is 146 Å². The number of rotatable bonds is 16. The van der Waals surface area contributed by atoms with Crippen molar-refractivity contribution in [3.63, 3.8) is 0 Å². The highest BCUT2D eigenvalue weighted by Crippen LogP contribution is 1.99. The summed E-state index contributed by atoms with van der Waals surface area (Å²) in [5.41, 5.74) is 0. The van der Waals surface area contributed by atoms with Gasteiger partial charge in [-0.1, -0.05) is 13.8 Å². The molecule has 0 fully saturated rings. The summed E-state index contributed by atoms with van der Waals surface area (Å²) in [4.78, 5) is 5.06. The zero-order valence-corrected chi connectivity index (χ0v) is 16.8. The molecular formula is C19H44N4. The van der Waals surface area contributed by atoms with E-state index in [-0.39, 0.29) is 0 Å². The van der Waals surface area contributed by atoms with Crippen LogP contribution in [0.15, 0.2) is 0 Å². The largest absolute Gasteiger partial charge is 0.317 e. The molecule has 0 aromatic rings. The first kappa shape index (κ1) is 22.8. The molecule has 0 spiro atoms. The van der Waals surface area contributed by atoms with Crippen LogP contribution in [0.2, 0.25) is 0 Å². The first-order valence-electron chi connectivity index (χ1n) is 9.92. The maximum Gasteiger partial charge on any atom is 0.00384 e. The Morgan fingerprint density at radius 3 is 1.26 bits per heavy atom. The quantitative estimate of drug-likeness (QED) is 0.427. The number of hydrogen-bond acceptors (Lipinski definition) is 4. The second kappa shape index (κ2) is 15.4. The first-order valence-corrected chi connectivity index (χ1v) is 9.92. The van der Waals surface area contributed by atoms with Crippen LogP contribution in [0.25, 0.3) is 0 Å². The van der Waals surface area contributed by atoms with Gasteiger partial charge in [0.05, 0.1) is 0 Å². The van der Waals surface area contributed by atoms with E-state index >= 15 is 0 Å². The van der Waals surface area contributed by atoms with Gasteiger partial charge in [0.2, 0.25) is 0 Å². The van der Waals surface area contributed by atoms with Crippen molar-refractivity contribution in [2.24, 2.45) is 0 Å². The molecule has 0 atom stereocenters. The third-order valence-electron chi connectivity index (χ3n) is 4.58. The monoisotopic (exact) mass is 328 g/mol. The van der Waals surface area contributed by atoms with Crippen LogP contribution < -0.4 is 10.6 Å². The summed E-state index contributed by atoms with van der Waals surface area (Å²) in [6.45, 7) is 22.9. The summed E-state index contributed by atoms with van der Waals surface area (Å²) >= 11 is 0. The number of nitrogens with one attached hydrogen (secondary N) is 2. The van der Waals surface area contributed by atoms with Gasteiger partial charge in [-0.15, -0.1) is 0 Å². The normalized spacial score (nSPS) is 12.3. The van der Waals surface area contributed by atoms with E-state index in [4.69, 9.17) is 0 Å². The molecule has 0 unspecified atom stereocenters. The van der Waals surface area contributed by atoms with Gasteiger partial charge in [0, 0.05) is 12.1 Å². The van der Waals surface area contributed by atoms with Gasteiger partial charge < -0.3 is 20.4 Å². The van der Waals surface area contributed by atoms with Crippen LogP contribution in [0.1, 0.15) is 60.8 Å². The lowest BCUT2D eigenvalue weighted by molar-refractivity contribution is 0.229. The van der Waals surface area contributed by atoms with Crippen molar-refractivity contribution in [3.8, 4) is 0 Å². The molecule has 0 aliphatic heterocycles. The van der Waals surface area contributed by atoms with Crippen LogP contribution in [0.4, 0.5) is 0 Å². The van der Waals surface area contributed by atoms with E-state index in [1.54, 1.807) is 0 Å². The van der Waals surface area contributed by atoms with Crippen LogP contribution in [0.5, 0.6) is 0 Å². The smallest absolute Gasteiger partial charge is 0.00384 e. The van der Waals surface area contributed by atoms with Crippen molar-refractivity contribution in [1.29, 1.82) is 0 Å². The summed E-state index contributed by atoms with van der Waals surface area (Å²) in [6.07, 6.45) is 3.73. The van der Waals surface area contributed by atoms with Gasteiger partial charge in [-0.05, 0) is 99.3 Å². The highest BCUT2D eigenvalue weighted by atomic mass is 15.1. The fraction of sp³-hybridized carbons (Fsp3) is 1.00. The Kier molecular flexibility index (Phi) is 15.3. The van der Waals surface area contributed by atoms with Crippen molar-refractivity contribution in [3.05, 3.63) is 0 Å². The van der Waals surface area contributed by atoms with Gasteiger partial charge in [-0.25, -0.2) is 0 Å². The lowest BCUT2D eigenvalue weighted by Crippen LogP contribution is -2.34. The Hall–Kier alpha value is -0.160. The molecule has 0 aliphatic carbocycles. The molecular weight excluding hydrogens is 284 g/mol. The summed E-state index contributed by atoms with van der Waals surface area (Å²) < 4.78 is 0. The fourth-order valence-electron chi connectivity index (χ4n) is 2.97. The highest BCUT2D eigenvalue weighted by Gasteiger charge is 2.06. The third kappa shape index (κ3) is 12.9. The Bertz CT molecular complexity index is 220. The Morgan fingerprint density at radius 2 is 0.957 bits per heavy atom. The van der Waals surface area contributed by atoms with Crippen LogP contribution in [0, 0.1) is 0 Å². The molecule has 0 saturated carbocycles.